The molecule has 0 aliphatic heterocycles. The highest BCUT2D eigenvalue weighted by Crippen LogP contribution is 2.14. The third-order valence-electron chi connectivity index (χ3n) is 4.11. The number of esters is 1. The number of hydrogen-bond acceptors (Lipinski definition) is 5. The van der Waals surface area contributed by atoms with Crippen molar-refractivity contribution in [2.24, 2.45) is 5.73 Å². The molecule has 4 N–H and O–H groups in total. The Bertz CT molecular complexity index is 849. The summed E-state index contributed by atoms with van der Waals surface area (Å²) in [7, 11) is 0. The first-order chi connectivity index (χ1) is 14.5. The average Bonchev–Trinajstić information content (AvgIpc) is 2.75. The first kappa shape index (κ1) is 22.7. The fourth-order valence-electron chi connectivity index (χ4n) is 2.55. The fourth-order valence-corrected chi connectivity index (χ4v) is 2.55. The Morgan fingerprint density at radius 2 is 1.73 bits per heavy atom. The van der Waals surface area contributed by atoms with E-state index in [2.05, 4.69) is 5.32 Å². The zero-order valence-electron chi connectivity index (χ0n) is 16.8. The highest BCUT2D eigenvalue weighted by atomic mass is 16.5. The van der Waals surface area contributed by atoms with Gasteiger partial charge in [-0.1, -0.05) is 55.0 Å². The highest BCUT2D eigenvalue weighted by Gasteiger charge is 2.05. The summed E-state index contributed by atoms with van der Waals surface area (Å²) in [6, 6.07) is 16.4. The van der Waals surface area contributed by atoms with Crippen LogP contribution in [-0.2, 0) is 16.1 Å². The van der Waals surface area contributed by atoms with Crippen molar-refractivity contribution in [3.63, 3.8) is 0 Å². The summed E-state index contributed by atoms with van der Waals surface area (Å²) in [6.07, 6.45) is 5.29. The number of hydrogen-bond donors (Lipinski definition) is 3. The number of amidine groups is 1. The Morgan fingerprint density at radius 1 is 1.00 bits per heavy atom. The van der Waals surface area contributed by atoms with Crippen LogP contribution in [0.1, 0.15) is 36.8 Å². The van der Waals surface area contributed by atoms with Gasteiger partial charge in [0.25, 0.3) is 0 Å². The van der Waals surface area contributed by atoms with E-state index in [4.69, 9.17) is 20.6 Å². The SMILES string of the molecule is N=C(N)/C=C/c1ccc(OC(=O)CCCCCNC(=O)OCc2ccccc2)cc1. The van der Waals surface area contributed by atoms with Crippen molar-refractivity contribution in [1.82, 2.24) is 5.32 Å². The lowest BCUT2D eigenvalue weighted by Crippen LogP contribution is -2.25. The molecule has 0 aliphatic rings. The maximum Gasteiger partial charge on any atom is 0.407 e. The van der Waals surface area contributed by atoms with Crippen molar-refractivity contribution in [1.29, 1.82) is 5.41 Å². The second-order valence-corrected chi connectivity index (χ2v) is 6.63. The number of amides is 1. The van der Waals surface area contributed by atoms with Gasteiger partial charge in [0.05, 0.1) is 0 Å². The van der Waals surface area contributed by atoms with E-state index in [-0.39, 0.29) is 18.4 Å². The molecule has 2 rings (SSSR count). The minimum Gasteiger partial charge on any atom is -0.445 e. The van der Waals surface area contributed by atoms with Crippen LogP contribution < -0.4 is 15.8 Å². The van der Waals surface area contributed by atoms with Crippen molar-refractivity contribution in [3.05, 3.63) is 71.8 Å². The molecule has 0 atom stereocenters. The summed E-state index contributed by atoms with van der Waals surface area (Å²) < 4.78 is 10.4. The Balaban J connectivity index is 1.53. The van der Waals surface area contributed by atoms with Gasteiger partial charge in [0.1, 0.15) is 18.2 Å². The van der Waals surface area contributed by atoms with Crippen molar-refractivity contribution in [2.75, 3.05) is 6.54 Å². The van der Waals surface area contributed by atoms with Crippen molar-refractivity contribution < 1.29 is 19.1 Å². The zero-order valence-corrected chi connectivity index (χ0v) is 16.8. The topological polar surface area (TPSA) is 115 Å². The van der Waals surface area contributed by atoms with E-state index >= 15 is 0 Å². The van der Waals surface area contributed by atoms with Crippen LogP contribution >= 0.6 is 0 Å². The van der Waals surface area contributed by atoms with E-state index in [9.17, 15) is 9.59 Å². The van der Waals surface area contributed by atoms with E-state index in [1.165, 1.54) is 6.08 Å². The molecule has 0 saturated carbocycles. The summed E-state index contributed by atoms with van der Waals surface area (Å²) in [4.78, 5) is 23.5. The number of ether oxygens (including phenoxy) is 2. The van der Waals surface area contributed by atoms with E-state index < -0.39 is 6.09 Å². The van der Waals surface area contributed by atoms with Crippen molar-refractivity contribution in [3.8, 4) is 5.75 Å². The lowest BCUT2D eigenvalue weighted by molar-refractivity contribution is -0.134. The molecule has 7 nitrogen and oxygen atoms in total. The molecular formula is C23H27N3O4. The van der Waals surface area contributed by atoms with Crippen LogP contribution in [0.3, 0.4) is 0 Å². The second kappa shape index (κ2) is 12.8. The van der Waals surface area contributed by atoms with Crippen LogP contribution in [-0.4, -0.2) is 24.4 Å². The normalized spacial score (nSPS) is 10.5. The van der Waals surface area contributed by atoms with Gasteiger partial charge in [0, 0.05) is 13.0 Å². The third kappa shape index (κ3) is 9.54. The zero-order chi connectivity index (χ0) is 21.6. The van der Waals surface area contributed by atoms with E-state index in [1.54, 1.807) is 30.3 Å². The molecular weight excluding hydrogens is 382 g/mol. The minimum atomic E-state index is -0.445. The van der Waals surface area contributed by atoms with Crippen LogP contribution in [0.15, 0.2) is 60.7 Å². The molecule has 0 heterocycles. The van der Waals surface area contributed by atoms with Crippen LogP contribution in [0, 0.1) is 5.41 Å². The van der Waals surface area contributed by atoms with Gasteiger partial charge in [-0.3, -0.25) is 10.2 Å². The quantitative estimate of drug-likeness (QED) is 0.170. The number of benzene rings is 2. The van der Waals surface area contributed by atoms with Crippen LogP contribution in [0.4, 0.5) is 4.79 Å². The number of rotatable bonds is 11. The molecule has 0 unspecified atom stereocenters. The summed E-state index contributed by atoms with van der Waals surface area (Å²) in [6.45, 7) is 0.740. The van der Waals surface area contributed by atoms with Gasteiger partial charge in [-0.15, -0.1) is 0 Å². The molecule has 1 amide bonds. The van der Waals surface area contributed by atoms with Gasteiger partial charge < -0.3 is 20.5 Å². The number of nitrogens with two attached hydrogens (primary N) is 1. The number of carbonyl (C=O) groups excluding carboxylic acids is 2. The lowest BCUT2D eigenvalue weighted by Gasteiger charge is -2.07. The molecule has 0 fully saturated rings. The first-order valence-electron chi connectivity index (χ1n) is 9.80. The van der Waals surface area contributed by atoms with Gasteiger partial charge >= 0.3 is 12.1 Å². The molecule has 0 aliphatic carbocycles. The molecule has 30 heavy (non-hydrogen) atoms. The maximum atomic E-state index is 11.9. The second-order valence-electron chi connectivity index (χ2n) is 6.63. The van der Waals surface area contributed by atoms with Gasteiger partial charge in [-0.05, 0) is 42.2 Å². The van der Waals surface area contributed by atoms with E-state index in [0.717, 1.165) is 24.0 Å². The van der Waals surface area contributed by atoms with E-state index in [0.29, 0.717) is 25.1 Å². The number of alkyl carbamates (subject to hydrolysis) is 1. The average molecular weight is 409 g/mol. The molecule has 158 valence electrons. The first-order valence-corrected chi connectivity index (χ1v) is 9.80. The van der Waals surface area contributed by atoms with Crippen molar-refractivity contribution >= 4 is 24.0 Å². The predicted octanol–water partition coefficient (Wildman–Crippen LogP) is 4.03. The van der Waals surface area contributed by atoms with Crippen LogP contribution in [0.25, 0.3) is 6.08 Å². The Labute approximate surface area is 176 Å². The summed E-state index contributed by atoms with van der Waals surface area (Å²) in [5.74, 6) is 0.157. The molecule has 7 heteroatoms. The smallest absolute Gasteiger partial charge is 0.407 e. The van der Waals surface area contributed by atoms with Crippen LogP contribution in [0.5, 0.6) is 5.75 Å². The fraction of sp³-hybridized carbons (Fsp3) is 0.261. The predicted molar refractivity (Wildman–Crippen MR) is 116 cm³/mol. The maximum absolute atomic E-state index is 11.9. The van der Waals surface area contributed by atoms with Gasteiger partial charge in [-0.25, -0.2) is 4.79 Å². The minimum absolute atomic E-state index is 0.0234. The molecule has 0 saturated heterocycles. The van der Waals surface area contributed by atoms with Crippen molar-refractivity contribution in [2.45, 2.75) is 32.3 Å². The summed E-state index contributed by atoms with van der Waals surface area (Å²) in [5.41, 5.74) is 7.06. The molecule has 0 bridgehead atoms. The third-order valence-corrected chi connectivity index (χ3v) is 4.11. The molecule has 0 spiro atoms. The Kier molecular flexibility index (Phi) is 9.65. The number of nitrogens with one attached hydrogen (secondary N) is 2. The monoisotopic (exact) mass is 409 g/mol. The lowest BCUT2D eigenvalue weighted by atomic mass is 10.2. The molecule has 2 aromatic rings. The van der Waals surface area contributed by atoms with E-state index in [1.807, 2.05) is 30.3 Å². The molecule has 2 aromatic carbocycles. The van der Waals surface area contributed by atoms with Crippen LogP contribution in [0.2, 0.25) is 0 Å². The highest BCUT2D eigenvalue weighted by molar-refractivity contribution is 5.92. The van der Waals surface area contributed by atoms with Gasteiger partial charge in [0.15, 0.2) is 0 Å². The summed E-state index contributed by atoms with van der Waals surface area (Å²) >= 11 is 0. The number of unbranched alkanes of at least 4 members (excludes halogenated alkanes) is 2. The largest absolute Gasteiger partial charge is 0.445 e. The summed E-state index contributed by atoms with van der Waals surface area (Å²) in [5, 5.41) is 9.85. The Morgan fingerprint density at radius 3 is 2.43 bits per heavy atom. The molecule has 0 aromatic heterocycles. The van der Waals surface area contributed by atoms with Gasteiger partial charge in [-0.2, -0.15) is 0 Å². The standard InChI is InChI=1S/C23H27N3O4/c24-21(25)15-12-18-10-13-20(14-11-18)30-22(27)9-5-2-6-16-26-23(28)29-17-19-7-3-1-4-8-19/h1,3-4,7-8,10-15H,2,5-6,9,16-17H2,(H3,24,25)(H,26,28)/b15-12+. The Hall–Kier alpha value is -3.61. The molecule has 0 radical (unpaired) electrons. The number of carbonyl (C=O) groups is 2. The van der Waals surface area contributed by atoms with Gasteiger partial charge in [0.2, 0.25) is 0 Å².